The molecule has 0 amide bonds. The molecule has 0 aliphatic heterocycles. The Morgan fingerprint density at radius 1 is 1.07 bits per heavy atom. The highest BCUT2D eigenvalue weighted by Crippen LogP contribution is 2.23. The maximum Gasteiger partial charge on any atom is 0.191 e. The number of halogens is 1. The van der Waals surface area contributed by atoms with Crippen LogP contribution in [0.2, 0.25) is 0 Å². The van der Waals surface area contributed by atoms with Gasteiger partial charge in [0.15, 0.2) is 5.96 Å². The Hall–Kier alpha value is -2.03. The van der Waals surface area contributed by atoms with Crippen molar-refractivity contribution in [3.8, 4) is 11.5 Å². The zero-order chi connectivity index (χ0) is 18.9. The molecule has 1 aromatic heterocycles. The lowest BCUT2D eigenvalue weighted by Gasteiger charge is -2.15. The maximum absolute atomic E-state index is 5.47. The number of aromatic nitrogens is 1. The molecule has 0 bridgehead atoms. The van der Waals surface area contributed by atoms with Gasteiger partial charge in [-0.3, -0.25) is 4.98 Å². The highest BCUT2D eigenvalue weighted by molar-refractivity contribution is 14.0. The molecule has 7 heteroatoms. The zero-order valence-corrected chi connectivity index (χ0v) is 19.0. The molecule has 0 saturated heterocycles. The summed E-state index contributed by atoms with van der Waals surface area (Å²) >= 11 is 0. The van der Waals surface area contributed by atoms with Crippen LogP contribution in [0.1, 0.15) is 29.3 Å². The van der Waals surface area contributed by atoms with Crippen molar-refractivity contribution in [2.45, 2.75) is 33.9 Å². The number of aryl methyl sites for hydroxylation is 1. The van der Waals surface area contributed by atoms with Gasteiger partial charge in [0.25, 0.3) is 0 Å². The third-order valence-corrected chi connectivity index (χ3v) is 4.10. The van der Waals surface area contributed by atoms with Crippen molar-refractivity contribution in [2.75, 3.05) is 20.8 Å². The predicted octanol–water partition coefficient (Wildman–Crippen LogP) is 3.59. The van der Waals surface area contributed by atoms with E-state index in [9.17, 15) is 0 Å². The molecule has 0 aliphatic rings. The minimum absolute atomic E-state index is 0. The average Bonchev–Trinajstić information content (AvgIpc) is 2.66. The Kier molecular flexibility index (Phi) is 9.92. The number of hydrogen-bond acceptors (Lipinski definition) is 4. The van der Waals surface area contributed by atoms with Crippen molar-refractivity contribution in [1.29, 1.82) is 0 Å². The second-order valence-electron chi connectivity index (χ2n) is 5.94. The molecule has 1 heterocycles. The van der Waals surface area contributed by atoms with Crippen LogP contribution in [0.5, 0.6) is 11.5 Å². The van der Waals surface area contributed by atoms with E-state index >= 15 is 0 Å². The molecule has 2 rings (SSSR count). The van der Waals surface area contributed by atoms with E-state index in [2.05, 4.69) is 20.6 Å². The number of nitrogens with one attached hydrogen (secondary N) is 2. The Bertz CT molecular complexity index is 748. The van der Waals surface area contributed by atoms with Crippen LogP contribution in [0.25, 0.3) is 0 Å². The van der Waals surface area contributed by atoms with Crippen LogP contribution in [0.15, 0.2) is 35.5 Å². The Balaban J connectivity index is 0.00000364. The molecule has 0 fully saturated rings. The zero-order valence-electron chi connectivity index (χ0n) is 16.6. The molecule has 27 heavy (non-hydrogen) atoms. The normalized spacial score (nSPS) is 10.8. The van der Waals surface area contributed by atoms with Crippen molar-refractivity contribution >= 4 is 29.9 Å². The van der Waals surface area contributed by atoms with E-state index < -0.39 is 0 Å². The van der Waals surface area contributed by atoms with Gasteiger partial charge in [0, 0.05) is 23.9 Å². The van der Waals surface area contributed by atoms with Crippen LogP contribution in [-0.2, 0) is 13.1 Å². The second kappa shape index (κ2) is 11.6. The van der Waals surface area contributed by atoms with E-state index in [-0.39, 0.29) is 24.0 Å². The average molecular weight is 484 g/mol. The highest BCUT2D eigenvalue weighted by Gasteiger charge is 2.10. The van der Waals surface area contributed by atoms with Crippen LogP contribution in [-0.4, -0.2) is 31.7 Å². The fourth-order valence-electron chi connectivity index (χ4n) is 2.66. The van der Waals surface area contributed by atoms with Crippen LogP contribution in [0.3, 0.4) is 0 Å². The van der Waals surface area contributed by atoms with Crippen LogP contribution < -0.4 is 20.1 Å². The van der Waals surface area contributed by atoms with Crippen molar-refractivity contribution in [3.05, 3.63) is 52.8 Å². The Morgan fingerprint density at radius 3 is 2.37 bits per heavy atom. The SMILES string of the molecule is CCNC(=NCc1ccc(OC)cc1)NCc1ncc(C)c(OC)c1C.I. The van der Waals surface area contributed by atoms with Gasteiger partial charge in [-0.15, -0.1) is 24.0 Å². The number of guanidine groups is 1. The molecular formula is C20H29IN4O2. The standard InChI is InChI=1S/C20H28N4O2.HI/c1-6-21-20(23-12-16-7-9-17(25-4)10-8-16)24-13-18-15(3)19(26-5)14(2)11-22-18;/h7-11H,6,12-13H2,1-5H3,(H2,21,23,24);1H. The quantitative estimate of drug-likeness (QED) is 0.357. The number of ether oxygens (including phenoxy) is 2. The van der Waals surface area contributed by atoms with Crippen molar-refractivity contribution in [3.63, 3.8) is 0 Å². The van der Waals surface area contributed by atoms with Gasteiger partial charge < -0.3 is 20.1 Å². The van der Waals surface area contributed by atoms with Crippen molar-refractivity contribution in [1.82, 2.24) is 15.6 Å². The van der Waals surface area contributed by atoms with Gasteiger partial charge in [-0.2, -0.15) is 0 Å². The first kappa shape index (κ1) is 23.0. The minimum Gasteiger partial charge on any atom is -0.497 e. The lowest BCUT2D eigenvalue weighted by Crippen LogP contribution is -2.37. The first-order valence-electron chi connectivity index (χ1n) is 8.73. The van der Waals surface area contributed by atoms with Gasteiger partial charge in [-0.1, -0.05) is 12.1 Å². The summed E-state index contributed by atoms with van der Waals surface area (Å²) < 4.78 is 10.7. The van der Waals surface area contributed by atoms with E-state index in [0.717, 1.165) is 46.4 Å². The number of pyridine rings is 1. The van der Waals surface area contributed by atoms with Gasteiger partial charge in [0.1, 0.15) is 11.5 Å². The fourth-order valence-corrected chi connectivity index (χ4v) is 2.66. The number of aliphatic imine (C=N–C) groups is 1. The first-order chi connectivity index (χ1) is 12.6. The van der Waals surface area contributed by atoms with Gasteiger partial charge in [0.05, 0.1) is 33.0 Å². The molecular weight excluding hydrogens is 455 g/mol. The number of methoxy groups -OCH3 is 2. The van der Waals surface area contributed by atoms with E-state index in [1.165, 1.54) is 0 Å². The van der Waals surface area contributed by atoms with E-state index in [0.29, 0.717) is 13.1 Å². The topological polar surface area (TPSA) is 67.8 Å². The van der Waals surface area contributed by atoms with Crippen LogP contribution in [0.4, 0.5) is 0 Å². The molecule has 0 unspecified atom stereocenters. The molecule has 0 atom stereocenters. The molecule has 0 saturated carbocycles. The third-order valence-electron chi connectivity index (χ3n) is 4.10. The summed E-state index contributed by atoms with van der Waals surface area (Å²) in [7, 11) is 3.35. The minimum atomic E-state index is 0. The molecule has 0 spiro atoms. The Morgan fingerprint density at radius 2 is 1.78 bits per heavy atom. The molecule has 1 aromatic carbocycles. The van der Waals surface area contributed by atoms with Crippen LogP contribution in [0, 0.1) is 13.8 Å². The smallest absolute Gasteiger partial charge is 0.191 e. The third kappa shape index (κ3) is 6.57. The number of hydrogen-bond donors (Lipinski definition) is 2. The fraction of sp³-hybridized carbons (Fsp3) is 0.400. The summed E-state index contributed by atoms with van der Waals surface area (Å²) in [4.78, 5) is 9.16. The van der Waals surface area contributed by atoms with Gasteiger partial charge in [0.2, 0.25) is 0 Å². The summed E-state index contributed by atoms with van der Waals surface area (Å²) in [5, 5.41) is 6.60. The largest absolute Gasteiger partial charge is 0.497 e. The maximum atomic E-state index is 5.47. The second-order valence-corrected chi connectivity index (χ2v) is 5.94. The molecule has 2 aromatic rings. The molecule has 148 valence electrons. The molecule has 0 aliphatic carbocycles. The van der Waals surface area contributed by atoms with Gasteiger partial charge in [-0.05, 0) is 38.5 Å². The van der Waals surface area contributed by atoms with Gasteiger partial charge >= 0.3 is 0 Å². The van der Waals surface area contributed by atoms with E-state index in [1.807, 2.05) is 51.2 Å². The van der Waals surface area contributed by atoms with Crippen molar-refractivity contribution < 1.29 is 9.47 Å². The van der Waals surface area contributed by atoms with E-state index in [4.69, 9.17) is 9.47 Å². The van der Waals surface area contributed by atoms with E-state index in [1.54, 1.807) is 14.2 Å². The number of rotatable bonds is 7. The van der Waals surface area contributed by atoms with Gasteiger partial charge in [-0.25, -0.2) is 4.99 Å². The lowest BCUT2D eigenvalue weighted by molar-refractivity contribution is 0.406. The Labute approximate surface area is 178 Å². The monoisotopic (exact) mass is 484 g/mol. The highest BCUT2D eigenvalue weighted by atomic mass is 127. The molecule has 0 radical (unpaired) electrons. The first-order valence-corrected chi connectivity index (χ1v) is 8.73. The summed E-state index contributed by atoms with van der Waals surface area (Å²) in [6.07, 6.45) is 1.84. The molecule has 6 nitrogen and oxygen atoms in total. The predicted molar refractivity (Wildman–Crippen MR) is 120 cm³/mol. The summed E-state index contributed by atoms with van der Waals surface area (Å²) in [6.45, 7) is 8.02. The molecule has 2 N–H and O–H groups in total. The number of nitrogens with zero attached hydrogens (tertiary/aromatic N) is 2. The van der Waals surface area contributed by atoms with Crippen molar-refractivity contribution in [2.24, 2.45) is 4.99 Å². The van der Waals surface area contributed by atoms with Crippen LogP contribution >= 0.6 is 24.0 Å². The summed E-state index contributed by atoms with van der Waals surface area (Å²) in [5.74, 6) is 2.48. The lowest BCUT2D eigenvalue weighted by atomic mass is 10.1. The summed E-state index contributed by atoms with van der Waals surface area (Å²) in [6, 6.07) is 7.92. The summed E-state index contributed by atoms with van der Waals surface area (Å²) in [5.41, 5.74) is 4.15. The number of benzene rings is 1.